The Kier molecular flexibility index (Phi) is 3.54. The van der Waals surface area contributed by atoms with E-state index in [1.54, 1.807) is 29.9 Å². The van der Waals surface area contributed by atoms with Gasteiger partial charge in [0, 0.05) is 6.20 Å². The van der Waals surface area contributed by atoms with Crippen molar-refractivity contribution in [1.82, 2.24) is 4.98 Å². The molecule has 0 unspecified atom stereocenters. The average Bonchev–Trinajstić information content (AvgIpc) is 2.79. The highest BCUT2D eigenvalue weighted by molar-refractivity contribution is 7.09. The van der Waals surface area contributed by atoms with Crippen molar-refractivity contribution < 1.29 is 9.53 Å². The van der Waals surface area contributed by atoms with E-state index in [1.807, 2.05) is 0 Å². The molecule has 0 bridgehead atoms. The molecule has 5 heteroatoms. The van der Waals surface area contributed by atoms with E-state index in [1.165, 1.54) is 11.3 Å². The van der Waals surface area contributed by atoms with Crippen molar-refractivity contribution in [3.63, 3.8) is 0 Å². The van der Waals surface area contributed by atoms with Crippen molar-refractivity contribution in [1.29, 1.82) is 0 Å². The maximum Gasteiger partial charge on any atom is 0.155 e. The van der Waals surface area contributed by atoms with Crippen molar-refractivity contribution in [2.75, 3.05) is 0 Å². The van der Waals surface area contributed by atoms with E-state index in [2.05, 4.69) is 4.98 Å². The van der Waals surface area contributed by atoms with Gasteiger partial charge >= 0.3 is 0 Å². The summed E-state index contributed by atoms with van der Waals surface area (Å²) in [6, 6.07) is 5.12. The van der Waals surface area contributed by atoms with Crippen LogP contribution in [0.15, 0.2) is 29.9 Å². The van der Waals surface area contributed by atoms with Crippen LogP contribution in [0.1, 0.15) is 15.2 Å². The SMILES string of the molecule is O=Cc1c(Cl)cccc1OCc1cncs1. The summed E-state index contributed by atoms with van der Waals surface area (Å²) in [5.74, 6) is 0.496. The van der Waals surface area contributed by atoms with Crippen molar-refractivity contribution in [3.05, 3.63) is 45.4 Å². The molecule has 0 saturated carbocycles. The highest BCUT2D eigenvalue weighted by Gasteiger charge is 2.07. The van der Waals surface area contributed by atoms with Gasteiger partial charge in [0.25, 0.3) is 0 Å². The summed E-state index contributed by atoms with van der Waals surface area (Å²) in [4.78, 5) is 15.8. The van der Waals surface area contributed by atoms with Crippen LogP contribution >= 0.6 is 22.9 Å². The number of rotatable bonds is 4. The zero-order valence-corrected chi connectivity index (χ0v) is 9.79. The molecular weight excluding hydrogens is 246 g/mol. The molecule has 0 aliphatic carbocycles. The van der Waals surface area contributed by atoms with Gasteiger partial charge in [-0.3, -0.25) is 9.78 Å². The molecule has 0 N–H and O–H groups in total. The maximum atomic E-state index is 10.8. The number of halogens is 1. The summed E-state index contributed by atoms with van der Waals surface area (Å²) in [7, 11) is 0. The maximum absolute atomic E-state index is 10.8. The van der Waals surface area contributed by atoms with Crippen molar-refractivity contribution >= 4 is 29.2 Å². The van der Waals surface area contributed by atoms with Gasteiger partial charge in [-0.2, -0.15) is 0 Å². The molecule has 16 heavy (non-hydrogen) atoms. The number of hydrogen-bond acceptors (Lipinski definition) is 4. The molecule has 3 nitrogen and oxygen atoms in total. The molecule has 0 saturated heterocycles. The number of benzene rings is 1. The Balaban J connectivity index is 2.15. The smallest absolute Gasteiger partial charge is 0.155 e. The van der Waals surface area contributed by atoms with E-state index in [0.29, 0.717) is 29.2 Å². The Labute approximate surface area is 102 Å². The molecule has 1 aromatic carbocycles. The Morgan fingerprint density at radius 2 is 2.38 bits per heavy atom. The predicted molar refractivity (Wildman–Crippen MR) is 63.3 cm³/mol. The Morgan fingerprint density at radius 3 is 3.06 bits per heavy atom. The Morgan fingerprint density at radius 1 is 1.50 bits per heavy atom. The first kappa shape index (κ1) is 11.1. The second-order valence-corrected chi connectivity index (χ2v) is 4.40. The fraction of sp³-hybridized carbons (Fsp3) is 0.0909. The van der Waals surface area contributed by atoms with Gasteiger partial charge in [-0.1, -0.05) is 17.7 Å². The molecule has 1 heterocycles. The van der Waals surface area contributed by atoms with Gasteiger partial charge in [-0.15, -0.1) is 11.3 Å². The summed E-state index contributed by atoms with van der Waals surface area (Å²) in [6.07, 6.45) is 2.43. The zero-order valence-electron chi connectivity index (χ0n) is 8.22. The van der Waals surface area contributed by atoms with Gasteiger partial charge < -0.3 is 4.74 Å². The number of ether oxygens (including phenoxy) is 1. The monoisotopic (exact) mass is 253 g/mol. The molecule has 0 aliphatic heterocycles. The fourth-order valence-electron chi connectivity index (χ4n) is 1.22. The van der Waals surface area contributed by atoms with E-state index in [0.717, 1.165) is 4.88 Å². The second kappa shape index (κ2) is 5.09. The Bertz CT molecular complexity index is 485. The first-order valence-corrected chi connectivity index (χ1v) is 5.81. The second-order valence-electron chi connectivity index (χ2n) is 3.03. The van der Waals surface area contributed by atoms with E-state index in [4.69, 9.17) is 16.3 Å². The van der Waals surface area contributed by atoms with Gasteiger partial charge in [0.2, 0.25) is 0 Å². The third-order valence-electron chi connectivity index (χ3n) is 1.98. The minimum absolute atomic E-state index is 0.383. The van der Waals surface area contributed by atoms with Gasteiger partial charge in [-0.25, -0.2) is 0 Å². The lowest BCUT2D eigenvalue weighted by molar-refractivity contribution is 0.111. The van der Waals surface area contributed by atoms with E-state index >= 15 is 0 Å². The zero-order chi connectivity index (χ0) is 11.4. The van der Waals surface area contributed by atoms with Crippen LogP contribution in [0.4, 0.5) is 0 Å². The third kappa shape index (κ3) is 2.40. The number of aromatic nitrogens is 1. The molecule has 2 aromatic rings. The van der Waals surface area contributed by atoms with Crippen LogP contribution in [0.25, 0.3) is 0 Å². The summed E-state index contributed by atoms with van der Waals surface area (Å²) >= 11 is 7.37. The molecule has 0 spiro atoms. The summed E-state index contributed by atoms with van der Waals surface area (Å²) < 4.78 is 5.51. The predicted octanol–water partition coefficient (Wildman–Crippen LogP) is 3.19. The summed E-state index contributed by atoms with van der Waals surface area (Å²) in [5.41, 5.74) is 2.12. The largest absolute Gasteiger partial charge is 0.487 e. The quantitative estimate of drug-likeness (QED) is 0.786. The molecule has 0 radical (unpaired) electrons. The molecular formula is C11H8ClNO2S. The van der Waals surface area contributed by atoms with Gasteiger partial charge in [-0.05, 0) is 12.1 Å². The van der Waals surface area contributed by atoms with Crippen LogP contribution < -0.4 is 4.74 Å². The van der Waals surface area contributed by atoms with E-state index in [-0.39, 0.29) is 0 Å². The molecule has 82 valence electrons. The minimum atomic E-state index is 0.383. The fourth-order valence-corrected chi connectivity index (χ4v) is 1.94. The van der Waals surface area contributed by atoms with E-state index < -0.39 is 0 Å². The topological polar surface area (TPSA) is 39.2 Å². The third-order valence-corrected chi connectivity index (χ3v) is 3.07. The lowest BCUT2D eigenvalue weighted by Crippen LogP contribution is -1.97. The highest BCUT2D eigenvalue weighted by Crippen LogP contribution is 2.25. The van der Waals surface area contributed by atoms with Crippen LogP contribution in [-0.2, 0) is 6.61 Å². The molecule has 2 rings (SSSR count). The van der Waals surface area contributed by atoms with E-state index in [9.17, 15) is 4.79 Å². The van der Waals surface area contributed by atoms with Crippen molar-refractivity contribution in [3.8, 4) is 5.75 Å². The molecule has 0 amide bonds. The lowest BCUT2D eigenvalue weighted by atomic mass is 10.2. The van der Waals surface area contributed by atoms with Crippen LogP contribution in [0, 0.1) is 0 Å². The Hall–Kier alpha value is -1.39. The van der Waals surface area contributed by atoms with Crippen LogP contribution in [0.3, 0.4) is 0 Å². The standard InChI is InChI=1S/C11H8ClNO2S/c12-10-2-1-3-11(9(10)5-14)15-6-8-4-13-7-16-8/h1-5,7H,6H2. The summed E-state index contributed by atoms with van der Waals surface area (Å²) in [5, 5.41) is 0.400. The van der Waals surface area contributed by atoms with Crippen LogP contribution in [-0.4, -0.2) is 11.3 Å². The molecule has 0 atom stereocenters. The van der Waals surface area contributed by atoms with Gasteiger partial charge in [0.1, 0.15) is 12.4 Å². The van der Waals surface area contributed by atoms with Crippen LogP contribution in [0.2, 0.25) is 5.02 Å². The lowest BCUT2D eigenvalue weighted by Gasteiger charge is -2.07. The molecule has 0 fully saturated rings. The number of carbonyl (C=O) groups excluding carboxylic acids is 1. The van der Waals surface area contributed by atoms with Crippen molar-refractivity contribution in [2.45, 2.75) is 6.61 Å². The number of hydrogen-bond donors (Lipinski definition) is 0. The molecule has 1 aromatic heterocycles. The number of aldehydes is 1. The summed E-state index contributed by atoms with van der Waals surface area (Å²) in [6.45, 7) is 0.395. The number of carbonyl (C=O) groups is 1. The average molecular weight is 254 g/mol. The molecule has 0 aliphatic rings. The highest BCUT2D eigenvalue weighted by atomic mass is 35.5. The number of nitrogens with zero attached hydrogens (tertiary/aromatic N) is 1. The first-order valence-electron chi connectivity index (χ1n) is 4.55. The van der Waals surface area contributed by atoms with Crippen LogP contribution in [0.5, 0.6) is 5.75 Å². The normalized spacial score (nSPS) is 10.1. The van der Waals surface area contributed by atoms with Gasteiger partial charge in [0.15, 0.2) is 6.29 Å². The minimum Gasteiger partial charge on any atom is -0.487 e. The first-order chi connectivity index (χ1) is 7.81. The van der Waals surface area contributed by atoms with Crippen molar-refractivity contribution in [2.24, 2.45) is 0 Å². The number of thiazole rings is 1. The van der Waals surface area contributed by atoms with Gasteiger partial charge in [0.05, 0.1) is 21.0 Å².